The molecule has 7 nitrogen and oxygen atoms in total. The number of sulfonamides is 1. The molecule has 0 saturated carbocycles. The maximum Gasteiger partial charge on any atom is 0.307 e. The molecule has 1 fully saturated rings. The molecule has 10 heteroatoms. The predicted molar refractivity (Wildman–Crippen MR) is 111 cm³/mol. The highest BCUT2D eigenvalue weighted by Gasteiger charge is 2.32. The number of carbonyl (C=O) groups is 1. The van der Waals surface area contributed by atoms with E-state index in [2.05, 4.69) is 5.32 Å². The van der Waals surface area contributed by atoms with Gasteiger partial charge in [-0.3, -0.25) is 9.59 Å². The van der Waals surface area contributed by atoms with Crippen LogP contribution < -0.4 is 10.2 Å². The summed E-state index contributed by atoms with van der Waals surface area (Å²) in [4.78, 5) is 24.3. The van der Waals surface area contributed by atoms with E-state index in [1.54, 1.807) is 41.3 Å². The number of nitrogens with zero attached hydrogens (tertiary/aromatic N) is 2. The lowest BCUT2D eigenvalue weighted by Crippen LogP contribution is -2.41. The van der Waals surface area contributed by atoms with Gasteiger partial charge in [0.1, 0.15) is 4.21 Å². The molecule has 1 aromatic carbocycles. The zero-order chi connectivity index (χ0) is 19.9. The second-order valence-electron chi connectivity index (χ2n) is 6.71. The monoisotopic (exact) mass is 437 g/mol. The molecular formula is C18H19N3O4S3. The molecule has 1 saturated heterocycles. The fraction of sp³-hybridized carbons (Fsp3) is 0.333. The van der Waals surface area contributed by atoms with Crippen molar-refractivity contribution in [3.8, 4) is 0 Å². The highest BCUT2D eigenvalue weighted by Crippen LogP contribution is 2.27. The summed E-state index contributed by atoms with van der Waals surface area (Å²) in [6, 6.07) is 8.72. The Kier molecular flexibility index (Phi) is 5.13. The first kappa shape index (κ1) is 19.3. The number of aromatic nitrogens is 1. The van der Waals surface area contributed by atoms with Crippen LogP contribution in [0.3, 0.4) is 0 Å². The van der Waals surface area contributed by atoms with E-state index in [4.69, 9.17) is 0 Å². The Morgan fingerprint density at radius 2 is 1.96 bits per heavy atom. The highest BCUT2D eigenvalue weighted by atomic mass is 32.2. The lowest BCUT2D eigenvalue weighted by Gasteiger charge is -2.30. The van der Waals surface area contributed by atoms with Crippen LogP contribution in [0.2, 0.25) is 0 Å². The number of thiophene rings is 1. The number of hydrogen-bond acceptors (Lipinski definition) is 6. The van der Waals surface area contributed by atoms with Crippen molar-refractivity contribution >= 4 is 54.5 Å². The minimum Gasteiger partial charge on any atom is -0.326 e. The quantitative estimate of drug-likeness (QED) is 0.680. The fourth-order valence-electron chi connectivity index (χ4n) is 3.35. The summed E-state index contributed by atoms with van der Waals surface area (Å²) in [5, 5.41) is 4.65. The Hall–Kier alpha value is -2.01. The molecule has 2 aromatic heterocycles. The second kappa shape index (κ2) is 7.43. The number of benzene rings is 1. The lowest BCUT2D eigenvalue weighted by molar-refractivity contribution is -0.120. The topological polar surface area (TPSA) is 88.5 Å². The number of amides is 1. The molecule has 1 N–H and O–H groups in total. The number of fused-ring (bicyclic) bond motifs is 1. The van der Waals surface area contributed by atoms with E-state index >= 15 is 0 Å². The number of hydrogen-bond donors (Lipinski definition) is 1. The number of thiazole rings is 1. The van der Waals surface area contributed by atoms with Crippen LogP contribution in [0, 0.1) is 5.92 Å². The Morgan fingerprint density at radius 3 is 2.64 bits per heavy atom. The van der Waals surface area contributed by atoms with Crippen LogP contribution in [0.4, 0.5) is 5.69 Å². The first-order chi connectivity index (χ1) is 13.4. The molecule has 0 radical (unpaired) electrons. The average molecular weight is 438 g/mol. The number of rotatable bonds is 4. The molecule has 0 unspecified atom stereocenters. The third-order valence-corrected chi connectivity index (χ3v) is 9.24. The first-order valence-electron chi connectivity index (χ1n) is 8.80. The standard InChI is InChI=1S/C18H19N3O4S3/c1-20-14-5-4-13(11-15(14)27-18(20)23)19-17(22)12-6-8-21(9-7-12)28(24,25)16-3-2-10-26-16/h2-5,10-12H,6-9H2,1H3,(H,19,22). The molecule has 1 amide bonds. The molecule has 1 aliphatic heterocycles. The Morgan fingerprint density at radius 1 is 1.21 bits per heavy atom. The highest BCUT2D eigenvalue weighted by molar-refractivity contribution is 7.91. The van der Waals surface area contributed by atoms with Gasteiger partial charge in [0.2, 0.25) is 5.91 Å². The van der Waals surface area contributed by atoms with Crippen molar-refractivity contribution in [1.82, 2.24) is 8.87 Å². The van der Waals surface area contributed by atoms with Crippen molar-refractivity contribution in [2.24, 2.45) is 13.0 Å². The lowest BCUT2D eigenvalue weighted by atomic mass is 9.97. The van der Waals surface area contributed by atoms with E-state index in [1.165, 1.54) is 15.6 Å². The summed E-state index contributed by atoms with van der Waals surface area (Å²) in [6.45, 7) is 0.662. The van der Waals surface area contributed by atoms with Crippen molar-refractivity contribution in [1.29, 1.82) is 0 Å². The number of anilines is 1. The largest absolute Gasteiger partial charge is 0.326 e. The van der Waals surface area contributed by atoms with Gasteiger partial charge in [0.25, 0.3) is 10.0 Å². The molecule has 28 heavy (non-hydrogen) atoms. The van der Waals surface area contributed by atoms with E-state index in [1.807, 2.05) is 6.07 Å². The van der Waals surface area contributed by atoms with Gasteiger partial charge >= 0.3 is 4.87 Å². The minimum atomic E-state index is -3.46. The van der Waals surface area contributed by atoms with E-state index in [9.17, 15) is 18.0 Å². The Balaban J connectivity index is 1.41. The summed E-state index contributed by atoms with van der Waals surface area (Å²) in [5.74, 6) is -0.351. The number of piperidine rings is 1. The van der Waals surface area contributed by atoms with Crippen LogP contribution in [0.15, 0.2) is 44.7 Å². The zero-order valence-electron chi connectivity index (χ0n) is 15.1. The fourth-order valence-corrected chi connectivity index (χ4v) is 6.88. The summed E-state index contributed by atoms with van der Waals surface area (Å²) < 4.78 is 29.4. The molecule has 3 heterocycles. The molecule has 0 bridgehead atoms. The van der Waals surface area contributed by atoms with Gasteiger partial charge in [-0.15, -0.1) is 11.3 Å². The van der Waals surface area contributed by atoms with E-state index in [0.717, 1.165) is 21.6 Å². The van der Waals surface area contributed by atoms with Gasteiger partial charge in [-0.2, -0.15) is 4.31 Å². The van der Waals surface area contributed by atoms with Crippen LogP contribution in [0.25, 0.3) is 10.2 Å². The van der Waals surface area contributed by atoms with E-state index in [-0.39, 0.29) is 16.7 Å². The first-order valence-corrected chi connectivity index (χ1v) is 11.9. The predicted octanol–water partition coefficient (Wildman–Crippen LogP) is 2.70. The van der Waals surface area contributed by atoms with Gasteiger partial charge in [0, 0.05) is 31.7 Å². The van der Waals surface area contributed by atoms with Crippen LogP contribution >= 0.6 is 22.7 Å². The molecule has 1 aliphatic rings. The van der Waals surface area contributed by atoms with Crippen molar-refractivity contribution in [3.63, 3.8) is 0 Å². The van der Waals surface area contributed by atoms with Gasteiger partial charge in [0.05, 0.1) is 10.2 Å². The zero-order valence-corrected chi connectivity index (χ0v) is 17.6. The third kappa shape index (κ3) is 3.52. The third-order valence-electron chi connectivity index (χ3n) is 4.97. The van der Waals surface area contributed by atoms with Crippen molar-refractivity contribution in [2.45, 2.75) is 17.1 Å². The van der Waals surface area contributed by atoms with Crippen LogP contribution in [0.1, 0.15) is 12.8 Å². The van der Waals surface area contributed by atoms with Gasteiger partial charge in [-0.05, 0) is 42.5 Å². The number of carbonyl (C=O) groups excluding carboxylic acids is 1. The molecule has 3 aromatic rings. The molecule has 0 atom stereocenters. The van der Waals surface area contributed by atoms with Gasteiger partial charge in [-0.25, -0.2) is 8.42 Å². The minimum absolute atomic E-state index is 0.0437. The maximum absolute atomic E-state index is 12.6. The molecule has 148 valence electrons. The van der Waals surface area contributed by atoms with Crippen molar-refractivity contribution < 1.29 is 13.2 Å². The van der Waals surface area contributed by atoms with Crippen LogP contribution in [-0.2, 0) is 21.9 Å². The van der Waals surface area contributed by atoms with Gasteiger partial charge in [-0.1, -0.05) is 17.4 Å². The maximum atomic E-state index is 12.6. The molecular weight excluding hydrogens is 418 g/mol. The van der Waals surface area contributed by atoms with E-state index < -0.39 is 10.0 Å². The van der Waals surface area contributed by atoms with Crippen LogP contribution in [-0.4, -0.2) is 36.3 Å². The SMILES string of the molecule is Cn1c(=O)sc2cc(NC(=O)C3CCN(S(=O)(=O)c4cccs4)CC3)ccc21. The summed E-state index contributed by atoms with van der Waals surface area (Å²) in [5.41, 5.74) is 1.48. The normalized spacial score (nSPS) is 16.5. The van der Waals surface area contributed by atoms with E-state index in [0.29, 0.717) is 35.8 Å². The smallest absolute Gasteiger partial charge is 0.307 e. The Labute approximate surface area is 170 Å². The second-order valence-corrected chi connectivity index (χ2v) is 10.8. The Bertz CT molecular complexity index is 1170. The summed E-state index contributed by atoms with van der Waals surface area (Å²) >= 11 is 2.35. The average Bonchev–Trinajstić information content (AvgIpc) is 3.31. The van der Waals surface area contributed by atoms with Crippen molar-refractivity contribution in [2.75, 3.05) is 18.4 Å². The van der Waals surface area contributed by atoms with Crippen LogP contribution in [0.5, 0.6) is 0 Å². The number of aryl methyl sites for hydroxylation is 1. The molecule has 0 aliphatic carbocycles. The molecule has 0 spiro atoms. The van der Waals surface area contributed by atoms with Crippen molar-refractivity contribution in [3.05, 3.63) is 45.4 Å². The summed E-state index contributed by atoms with van der Waals surface area (Å²) in [7, 11) is -1.74. The number of nitrogens with one attached hydrogen (secondary N) is 1. The van der Waals surface area contributed by atoms with Gasteiger partial charge < -0.3 is 9.88 Å². The van der Waals surface area contributed by atoms with Gasteiger partial charge in [0.15, 0.2) is 0 Å². The summed E-state index contributed by atoms with van der Waals surface area (Å²) in [6.07, 6.45) is 0.967. The molecule has 4 rings (SSSR count).